The Hall–Kier alpha value is -2.35. The maximum Gasteiger partial charge on any atom is 0.318 e. The predicted molar refractivity (Wildman–Crippen MR) is 80.8 cm³/mol. The summed E-state index contributed by atoms with van der Waals surface area (Å²) in [5.74, 6) is 0.361. The first-order chi connectivity index (χ1) is 9.84. The Kier molecular flexibility index (Phi) is 4.72. The molecule has 102 valence electrons. The average Bonchev–Trinajstić information content (AvgIpc) is 2.94. The molecule has 1 aliphatic carbocycles. The quantitative estimate of drug-likeness (QED) is 0.464. The lowest BCUT2D eigenvalue weighted by molar-refractivity contribution is -0.136. The number of fused-ring (bicyclic) bond motifs is 1. The summed E-state index contributed by atoms with van der Waals surface area (Å²) in [6.07, 6.45) is 1.82. The van der Waals surface area contributed by atoms with Crippen LogP contribution < -0.4 is 4.74 Å². The van der Waals surface area contributed by atoms with Gasteiger partial charge in [0.25, 0.3) is 0 Å². The lowest BCUT2D eigenvalue weighted by Crippen LogP contribution is -2.16. The van der Waals surface area contributed by atoms with Gasteiger partial charge in [0.2, 0.25) is 0 Å². The monoisotopic (exact) mass is 266 g/mol. The molecule has 2 aromatic rings. The number of aryl methyl sites for hydroxylation is 1. The van der Waals surface area contributed by atoms with Crippen LogP contribution in [0, 0.1) is 0 Å². The van der Waals surface area contributed by atoms with Gasteiger partial charge in [0.15, 0.2) is 0 Å². The molecule has 20 heavy (non-hydrogen) atoms. The second-order valence-corrected chi connectivity index (χ2v) is 4.52. The molecule has 0 bridgehead atoms. The summed E-state index contributed by atoms with van der Waals surface area (Å²) in [4.78, 5) is 12.2. The van der Waals surface area contributed by atoms with Gasteiger partial charge in [0, 0.05) is 0 Å². The van der Waals surface area contributed by atoms with Gasteiger partial charge in [-0.2, -0.15) is 0 Å². The molecule has 0 fully saturated rings. The molecular weight excluding hydrogens is 248 g/mol. The number of rotatable bonds is 2. The zero-order chi connectivity index (χ0) is 14.4. The van der Waals surface area contributed by atoms with Gasteiger partial charge in [-0.05, 0) is 36.1 Å². The highest BCUT2D eigenvalue weighted by Gasteiger charge is 2.29. The van der Waals surface area contributed by atoms with E-state index in [9.17, 15) is 4.79 Å². The summed E-state index contributed by atoms with van der Waals surface area (Å²) >= 11 is 0. The van der Waals surface area contributed by atoms with Gasteiger partial charge in [-0.3, -0.25) is 4.79 Å². The van der Waals surface area contributed by atoms with Crippen LogP contribution in [0.25, 0.3) is 0 Å². The first-order valence-electron chi connectivity index (χ1n) is 6.69. The topological polar surface area (TPSA) is 26.3 Å². The first kappa shape index (κ1) is 14.1. The molecule has 0 radical (unpaired) electrons. The molecular formula is C18H18O2. The van der Waals surface area contributed by atoms with Gasteiger partial charge in [-0.1, -0.05) is 42.5 Å². The Morgan fingerprint density at radius 2 is 1.65 bits per heavy atom. The number of esters is 1. The van der Waals surface area contributed by atoms with Gasteiger partial charge in [0.1, 0.15) is 5.75 Å². The van der Waals surface area contributed by atoms with Crippen LogP contribution in [0.2, 0.25) is 0 Å². The Morgan fingerprint density at radius 3 is 2.40 bits per heavy atom. The predicted octanol–water partition coefficient (Wildman–Crippen LogP) is 4.12. The van der Waals surface area contributed by atoms with Gasteiger partial charge in [-0.25, -0.2) is 0 Å². The van der Waals surface area contributed by atoms with E-state index in [1.807, 2.05) is 36.4 Å². The number of ether oxygens (including phenoxy) is 1. The third-order valence-electron chi connectivity index (χ3n) is 3.38. The summed E-state index contributed by atoms with van der Waals surface area (Å²) in [5, 5.41) is 0. The second-order valence-electron chi connectivity index (χ2n) is 4.52. The van der Waals surface area contributed by atoms with Crippen molar-refractivity contribution in [3.8, 4) is 5.75 Å². The Balaban J connectivity index is 0.000000704. The molecule has 2 aromatic carbocycles. The average molecular weight is 266 g/mol. The van der Waals surface area contributed by atoms with Crippen LogP contribution in [-0.4, -0.2) is 5.97 Å². The largest absolute Gasteiger partial charge is 0.426 e. The molecule has 0 saturated carbocycles. The second kappa shape index (κ2) is 6.71. The molecule has 3 rings (SSSR count). The number of benzene rings is 2. The molecule has 0 aromatic heterocycles. The van der Waals surface area contributed by atoms with E-state index in [1.165, 1.54) is 5.56 Å². The lowest BCUT2D eigenvalue weighted by atomic mass is 10.0. The SMILES string of the molecule is C=C.O=C(Oc1ccccc1)C1CCc2ccccc21. The van der Waals surface area contributed by atoms with Crippen molar-refractivity contribution in [3.05, 3.63) is 78.9 Å². The molecule has 0 N–H and O–H groups in total. The van der Waals surface area contributed by atoms with Crippen LogP contribution in [0.15, 0.2) is 67.8 Å². The minimum absolute atomic E-state index is 0.110. The number of para-hydroxylation sites is 1. The fourth-order valence-electron chi connectivity index (χ4n) is 2.48. The summed E-state index contributed by atoms with van der Waals surface area (Å²) in [5.41, 5.74) is 2.39. The van der Waals surface area contributed by atoms with Gasteiger partial charge < -0.3 is 4.74 Å². The number of hydrogen-bond donors (Lipinski definition) is 0. The normalized spacial score (nSPS) is 15.7. The third-order valence-corrected chi connectivity index (χ3v) is 3.38. The van der Waals surface area contributed by atoms with Crippen molar-refractivity contribution in [3.63, 3.8) is 0 Å². The van der Waals surface area contributed by atoms with Crippen molar-refractivity contribution >= 4 is 5.97 Å². The van der Waals surface area contributed by atoms with Crippen molar-refractivity contribution in [2.24, 2.45) is 0 Å². The van der Waals surface area contributed by atoms with E-state index in [0.717, 1.165) is 18.4 Å². The molecule has 1 atom stereocenters. The van der Waals surface area contributed by atoms with Crippen molar-refractivity contribution < 1.29 is 9.53 Å². The molecule has 0 amide bonds. The zero-order valence-electron chi connectivity index (χ0n) is 11.4. The van der Waals surface area contributed by atoms with Gasteiger partial charge >= 0.3 is 5.97 Å². The molecule has 1 aliphatic rings. The third kappa shape index (κ3) is 2.97. The van der Waals surface area contributed by atoms with Crippen LogP contribution >= 0.6 is 0 Å². The Labute approximate surface area is 119 Å². The molecule has 1 unspecified atom stereocenters. The van der Waals surface area contributed by atoms with E-state index in [4.69, 9.17) is 4.74 Å². The van der Waals surface area contributed by atoms with E-state index >= 15 is 0 Å². The molecule has 0 spiro atoms. The standard InChI is InChI=1S/C16H14O2.C2H4/c17-16(18-13-7-2-1-3-8-13)15-11-10-12-6-4-5-9-14(12)15;1-2/h1-9,15H,10-11H2;1-2H2. The summed E-state index contributed by atoms with van der Waals surface area (Å²) in [7, 11) is 0. The highest BCUT2D eigenvalue weighted by atomic mass is 16.5. The molecule has 2 heteroatoms. The first-order valence-corrected chi connectivity index (χ1v) is 6.69. The highest BCUT2D eigenvalue weighted by Crippen LogP contribution is 2.33. The van der Waals surface area contributed by atoms with Crippen molar-refractivity contribution in [1.82, 2.24) is 0 Å². The van der Waals surface area contributed by atoms with Crippen LogP contribution in [0.4, 0.5) is 0 Å². The van der Waals surface area contributed by atoms with E-state index in [2.05, 4.69) is 19.2 Å². The van der Waals surface area contributed by atoms with Crippen LogP contribution in [-0.2, 0) is 11.2 Å². The van der Waals surface area contributed by atoms with E-state index in [-0.39, 0.29) is 11.9 Å². The van der Waals surface area contributed by atoms with E-state index in [0.29, 0.717) is 5.75 Å². The maximum absolute atomic E-state index is 12.2. The van der Waals surface area contributed by atoms with Gasteiger partial charge in [0.05, 0.1) is 5.92 Å². The van der Waals surface area contributed by atoms with Crippen molar-refractivity contribution in [1.29, 1.82) is 0 Å². The van der Waals surface area contributed by atoms with Crippen molar-refractivity contribution in [2.45, 2.75) is 18.8 Å². The summed E-state index contributed by atoms with van der Waals surface area (Å²) in [6.45, 7) is 6.00. The Morgan fingerprint density at radius 1 is 1.00 bits per heavy atom. The number of carbonyl (C=O) groups excluding carboxylic acids is 1. The number of hydrogen-bond acceptors (Lipinski definition) is 2. The molecule has 2 nitrogen and oxygen atoms in total. The fraction of sp³-hybridized carbons (Fsp3) is 0.167. The van der Waals surface area contributed by atoms with Gasteiger partial charge in [-0.15, -0.1) is 13.2 Å². The summed E-state index contributed by atoms with van der Waals surface area (Å²) in [6, 6.07) is 17.4. The maximum atomic E-state index is 12.2. The fourth-order valence-corrected chi connectivity index (χ4v) is 2.48. The zero-order valence-corrected chi connectivity index (χ0v) is 11.4. The smallest absolute Gasteiger partial charge is 0.318 e. The molecule has 0 saturated heterocycles. The minimum Gasteiger partial charge on any atom is -0.426 e. The Bertz CT molecular complexity index is 575. The van der Waals surface area contributed by atoms with Crippen LogP contribution in [0.1, 0.15) is 23.5 Å². The lowest BCUT2D eigenvalue weighted by Gasteiger charge is -2.11. The van der Waals surface area contributed by atoms with Crippen molar-refractivity contribution in [2.75, 3.05) is 0 Å². The minimum atomic E-state index is -0.147. The van der Waals surface area contributed by atoms with Crippen LogP contribution in [0.5, 0.6) is 5.75 Å². The highest BCUT2D eigenvalue weighted by molar-refractivity contribution is 5.81. The number of carbonyl (C=O) groups is 1. The van der Waals surface area contributed by atoms with E-state index in [1.54, 1.807) is 12.1 Å². The molecule has 0 aliphatic heterocycles. The van der Waals surface area contributed by atoms with E-state index < -0.39 is 0 Å². The summed E-state index contributed by atoms with van der Waals surface area (Å²) < 4.78 is 5.42. The van der Waals surface area contributed by atoms with Crippen LogP contribution in [0.3, 0.4) is 0 Å². The molecule has 0 heterocycles.